The number of fused-ring (bicyclic) bond motifs is 3. The van der Waals surface area contributed by atoms with E-state index in [0.29, 0.717) is 28.3 Å². The van der Waals surface area contributed by atoms with Crippen molar-refractivity contribution in [1.29, 1.82) is 0 Å². The van der Waals surface area contributed by atoms with Gasteiger partial charge in [-0.3, -0.25) is 4.79 Å². The van der Waals surface area contributed by atoms with Crippen molar-refractivity contribution >= 4 is 62.6 Å². The van der Waals surface area contributed by atoms with Crippen LogP contribution in [-0.2, 0) is 16.2 Å². The normalized spacial score (nSPS) is 11.8. The number of benzene rings is 4. The van der Waals surface area contributed by atoms with Crippen LogP contribution in [0.1, 0.15) is 47.3 Å². The van der Waals surface area contributed by atoms with Crippen molar-refractivity contribution < 1.29 is 14.4 Å². The Morgan fingerprint density at radius 1 is 0.900 bits per heavy atom. The first-order valence-electron chi connectivity index (χ1n) is 13.1. The molecule has 0 aliphatic heterocycles. The third kappa shape index (κ3) is 5.83. The molecule has 5 nitrogen and oxygen atoms in total. The number of aromatic nitrogens is 1. The number of aryl methyl sites for hydroxylation is 2. The van der Waals surface area contributed by atoms with Crippen molar-refractivity contribution in [3.05, 3.63) is 112 Å². The molecule has 202 valence electrons. The molecule has 0 saturated carbocycles. The summed E-state index contributed by atoms with van der Waals surface area (Å²) >= 11 is 7.70. The highest BCUT2D eigenvalue weighted by Gasteiger charge is 2.17. The lowest BCUT2D eigenvalue weighted by Gasteiger charge is -2.08. The Morgan fingerprint density at radius 3 is 2.20 bits per heavy atom. The largest absolute Gasteiger partial charge is 0.341 e. The Labute approximate surface area is 242 Å². The van der Waals surface area contributed by atoms with Crippen LogP contribution in [0.25, 0.3) is 21.8 Å². The Bertz CT molecular complexity index is 1760. The maximum Gasteiger partial charge on any atom is 0.331 e. The Hall–Kier alpha value is -3.87. The lowest BCUT2D eigenvalue weighted by molar-refractivity contribution is -0.140. The fraction of sp³-hybridized carbons (Fsp3) is 0.182. The zero-order chi connectivity index (χ0) is 28.2. The number of carbonyl (C=O) groups excluding carboxylic acids is 2. The SMILES string of the molecule is CCn1c2ccc(C(=O)c3ccccc3C)cc2c2cc(/C(CCSc3ccc(Cl)cc3)=N/OC(C)=O)ccc21. The molecular formula is C33H29ClN2O3S. The quantitative estimate of drug-likeness (QED) is 0.0588. The van der Waals surface area contributed by atoms with E-state index in [4.69, 9.17) is 16.4 Å². The molecule has 0 radical (unpaired) electrons. The third-order valence-corrected chi connectivity index (χ3v) is 8.14. The summed E-state index contributed by atoms with van der Waals surface area (Å²) in [6, 6.07) is 27.5. The molecule has 40 heavy (non-hydrogen) atoms. The van der Waals surface area contributed by atoms with Crippen LogP contribution in [-0.4, -0.2) is 27.8 Å². The van der Waals surface area contributed by atoms with Gasteiger partial charge in [0, 0.05) is 74.1 Å². The standard InChI is InChI=1S/C33H29ClN2O3S/c1-4-36-31-15-9-23(30(35-39-22(3)37)17-18-40-26-13-11-25(34)12-14-26)19-28(31)29-20-24(10-16-32(29)36)33(38)27-8-6-5-7-21(27)2/h5-16,19-20H,4,17-18H2,1-3H3/b35-30+. The predicted molar refractivity (Wildman–Crippen MR) is 165 cm³/mol. The molecule has 1 heterocycles. The van der Waals surface area contributed by atoms with Crippen LogP contribution < -0.4 is 0 Å². The molecule has 0 N–H and O–H groups in total. The Kier molecular flexibility index (Phi) is 8.38. The fourth-order valence-corrected chi connectivity index (χ4v) is 5.89. The van der Waals surface area contributed by atoms with Gasteiger partial charge in [-0.1, -0.05) is 47.1 Å². The first-order valence-corrected chi connectivity index (χ1v) is 14.5. The molecule has 4 aromatic carbocycles. The summed E-state index contributed by atoms with van der Waals surface area (Å²) in [5, 5.41) is 6.94. The smallest absolute Gasteiger partial charge is 0.331 e. The van der Waals surface area contributed by atoms with E-state index in [0.717, 1.165) is 50.1 Å². The minimum Gasteiger partial charge on any atom is -0.341 e. The summed E-state index contributed by atoms with van der Waals surface area (Å²) in [6.07, 6.45) is 0.593. The van der Waals surface area contributed by atoms with E-state index >= 15 is 0 Å². The first kappa shape index (κ1) is 27.7. The lowest BCUT2D eigenvalue weighted by atomic mass is 9.97. The van der Waals surface area contributed by atoms with Crippen molar-refractivity contribution in [2.24, 2.45) is 5.16 Å². The molecule has 1 aromatic heterocycles. The van der Waals surface area contributed by atoms with Crippen LogP contribution in [0.5, 0.6) is 0 Å². The highest BCUT2D eigenvalue weighted by molar-refractivity contribution is 7.99. The Balaban J connectivity index is 1.53. The third-order valence-electron chi connectivity index (χ3n) is 6.87. The van der Waals surface area contributed by atoms with Crippen LogP contribution in [0.2, 0.25) is 5.02 Å². The van der Waals surface area contributed by atoms with Crippen molar-refractivity contribution in [1.82, 2.24) is 4.57 Å². The summed E-state index contributed by atoms with van der Waals surface area (Å²) in [6.45, 7) is 6.20. The predicted octanol–water partition coefficient (Wildman–Crippen LogP) is 8.46. The van der Waals surface area contributed by atoms with Crippen LogP contribution in [0.4, 0.5) is 0 Å². The van der Waals surface area contributed by atoms with E-state index in [9.17, 15) is 9.59 Å². The maximum absolute atomic E-state index is 13.4. The molecule has 0 bridgehead atoms. The first-order chi connectivity index (χ1) is 19.4. The number of carbonyl (C=O) groups is 2. The second-order valence-corrected chi connectivity index (χ2v) is 11.1. The van der Waals surface area contributed by atoms with Gasteiger partial charge in [-0.15, -0.1) is 11.8 Å². The second-order valence-electron chi connectivity index (χ2n) is 9.53. The molecule has 0 spiro atoms. The van der Waals surface area contributed by atoms with Crippen molar-refractivity contribution in [3.63, 3.8) is 0 Å². The zero-order valence-electron chi connectivity index (χ0n) is 22.6. The molecule has 0 unspecified atom stereocenters. The van der Waals surface area contributed by atoms with Crippen molar-refractivity contribution in [3.8, 4) is 0 Å². The maximum atomic E-state index is 13.4. The molecular weight excluding hydrogens is 540 g/mol. The van der Waals surface area contributed by atoms with Crippen molar-refractivity contribution in [2.45, 2.75) is 38.6 Å². The minimum atomic E-state index is -0.467. The van der Waals surface area contributed by atoms with Gasteiger partial charge in [-0.25, -0.2) is 4.79 Å². The van der Waals surface area contributed by atoms with E-state index < -0.39 is 5.97 Å². The van der Waals surface area contributed by atoms with Gasteiger partial charge in [0.1, 0.15) is 0 Å². The number of thioether (sulfide) groups is 1. The topological polar surface area (TPSA) is 60.7 Å². The van der Waals surface area contributed by atoms with Gasteiger partial charge >= 0.3 is 5.97 Å². The highest BCUT2D eigenvalue weighted by Crippen LogP contribution is 2.32. The van der Waals surface area contributed by atoms with Crippen LogP contribution in [0, 0.1) is 6.92 Å². The van der Waals surface area contributed by atoms with Gasteiger partial charge in [0.25, 0.3) is 0 Å². The molecule has 0 fully saturated rings. The van der Waals surface area contributed by atoms with Crippen LogP contribution in [0.3, 0.4) is 0 Å². The van der Waals surface area contributed by atoms with Gasteiger partial charge < -0.3 is 9.40 Å². The molecule has 0 atom stereocenters. The number of hydrogen-bond donors (Lipinski definition) is 0. The van der Waals surface area contributed by atoms with Gasteiger partial charge in [-0.2, -0.15) is 0 Å². The lowest BCUT2D eigenvalue weighted by Crippen LogP contribution is -2.06. The van der Waals surface area contributed by atoms with E-state index in [-0.39, 0.29) is 5.78 Å². The van der Waals surface area contributed by atoms with E-state index in [1.165, 1.54) is 6.92 Å². The number of nitrogens with zero attached hydrogens (tertiary/aromatic N) is 2. The number of rotatable bonds is 9. The summed E-state index contributed by atoms with van der Waals surface area (Å²) in [4.78, 5) is 31.2. The summed E-state index contributed by atoms with van der Waals surface area (Å²) in [5.74, 6) is 0.279. The van der Waals surface area contributed by atoms with E-state index in [1.807, 2.05) is 79.7 Å². The summed E-state index contributed by atoms with van der Waals surface area (Å²) < 4.78 is 2.25. The zero-order valence-corrected chi connectivity index (χ0v) is 24.2. The molecule has 0 aliphatic rings. The minimum absolute atomic E-state index is 0.00453. The average molecular weight is 569 g/mol. The molecule has 7 heteroatoms. The van der Waals surface area contributed by atoms with Crippen molar-refractivity contribution in [2.75, 3.05) is 5.75 Å². The summed E-state index contributed by atoms with van der Waals surface area (Å²) in [5.41, 5.74) is 6.00. The molecule has 5 rings (SSSR count). The van der Waals surface area contributed by atoms with Crippen LogP contribution >= 0.6 is 23.4 Å². The van der Waals surface area contributed by atoms with E-state index in [1.54, 1.807) is 11.8 Å². The number of oxime groups is 1. The number of halogens is 1. The molecule has 0 amide bonds. The van der Waals surface area contributed by atoms with Gasteiger partial charge in [0.05, 0.1) is 5.71 Å². The van der Waals surface area contributed by atoms with Gasteiger partial charge in [0.2, 0.25) is 0 Å². The second kappa shape index (κ2) is 12.1. The Morgan fingerprint density at radius 2 is 1.55 bits per heavy atom. The molecule has 5 aromatic rings. The molecule has 0 saturated heterocycles. The number of ketones is 1. The number of hydrogen-bond acceptors (Lipinski definition) is 5. The van der Waals surface area contributed by atoms with Gasteiger partial charge in [0.15, 0.2) is 5.78 Å². The van der Waals surface area contributed by atoms with E-state index in [2.05, 4.69) is 28.8 Å². The summed E-state index contributed by atoms with van der Waals surface area (Å²) in [7, 11) is 0. The van der Waals surface area contributed by atoms with Crippen LogP contribution in [0.15, 0.2) is 95.0 Å². The highest BCUT2D eigenvalue weighted by atomic mass is 35.5. The molecule has 0 aliphatic carbocycles. The average Bonchev–Trinajstić information content (AvgIpc) is 3.27. The fourth-order valence-electron chi connectivity index (χ4n) is 4.91. The monoisotopic (exact) mass is 568 g/mol. The van der Waals surface area contributed by atoms with Gasteiger partial charge in [-0.05, 0) is 74.0 Å².